The van der Waals surface area contributed by atoms with E-state index < -0.39 is 0 Å². The molecule has 1 fully saturated rings. The zero-order valence-corrected chi connectivity index (χ0v) is 4.65. The number of hydrogen-bond donors (Lipinski definition) is 2. The van der Waals surface area contributed by atoms with E-state index in [9.17, 15) is 0 Å². The Balaban J connectivity index is 2.43. The Hall–Kier alpha value is -0.0800. The van der Waals surface area contributed by atoms with E-state index in [1.165, 1.54) is 0 Å². The molecule has 0 aromatic carbocycles. The van der Waals surface area contributed by atoms with Crippen molar-refractivity contribution in [3.05, 3.63) is 0 Å². The fraction of sp³-hybridized carbons (Fsp3) is 1.00. The molecule has 1 saturated carbocycles. The van der Waals surface area contributed by atoms with Gasteiger partial charge in [0.2, 0.25) is 0 Å². The van der Waals surface area contributed by atoms with Crippen LogP contribution < -0.4 is 11.5 Å². The lowest BCUT2D eigenvalue weighted by molar-refractivity contribution is 0.223. The van der Waals surface area contributed by atoms with Gasteiger partial charge in [0, 0.05) is 11.6 Å². The number of hydrogen-bond acceptors (Lipinski definition) is 2. The fourth-order valence-corrected chi connectivity index (χ4v) is 0.766. The van der Waals surface area contributed by atoms with Crippen LogP contribution in [0.15, 0.2) is 0 Å². The third-order valence-electron chi connectivity index (χ3n) is 1.84. The molecule has 42 valence electrons. The van der Waals surface area contributed by atoms with Crippen LogP contribution in [0.25, 0.3) is 0 Å². The second-order valence-corrected chi connectivity index (χ2v) is 2.65. The molecule has 0 bridgehead atoms. The Bertz CT molecular complexity index is 78.1. The standard InChI is InChI=1S/C5H12N2/c1-5(7)3-2-4(5)6/h4H,2-3,6-7H2,1H3. The van der Waals surface area contributed by atoms with Crippen LogP contribution in [0.5, 0.6) is 0 Å². The van der Waals surface area contributed by atoms with Gasteiger partial charge in [-0.1, -0.05) is 0 Å². The monoisotopic (exact) mass is 100 g/mol. The molecule has 7 heavy (non-hydrogen) atoms. The van der Waals surface area contributed by atoms with Crippen molar-refractivity contribution >= 4 is 0 Å². The van der Waals surface area contributed by atoms with Gasteiger partial charge in [-0.05, 0) is 19.8 Å². The van der Waals surface area contributed by atoms with E-state index in [4.69, 9.17) is 11.5 Å². The van der Waals surface area contributed by atoms with Crippen LogP contribution in [0, 0.1) is 0 Å². The van der Waals surface area contributed by atoms with Crippen LogP contribution in [0.2, 0.25) is 0 Å². The quantitative estimate of drug-likeness (QED) is 0.444. The van der Waals surface area contributed by atoms with E-state index in [2.05, 4.69) is 0 Å². The van der Waals surface area contributed by atoms with Gasteiger partial charge in [0.05, 0.1) is 0 Å². The van der Waals surface area contributed by atoms with Crippen molar-refractivity contribution in [2.24, 2.45) is 11.5 Å². The van der Waals surface area contributed by atoms with Gasteiger partial charge in [-0.25, -0.2) is 0 Å². The molecular formula is C5H12N2. The van der Waals surface area contributed by atoms with E-state index in [0.29, 0.717) is 0 Å². The largest absolute Gasteiger partial charge is 0.326 e. The molecule has 2 unspecified atom stereocenters. The molecule has 1 aliphatic rings. The molecule has 1 rings (SSSR count). The summed E-state index contributed by atoms with van der Waals surface area (Å²) in [5, 5.41) is 0. The highest BCUT2D eigenvalue weighted by atomic mass is 14.9. The van der Waals surface area contributed by atoms with E-state index in [-0.39, 0.29) is 11.6 Å². The molecule has 0 aromatic rings. The minimum absolute atomic E-state index is 0.0417. The van der Waals surface area contributed by atoms with Crippen LogP contribution in [0.3, 0.4) is 0 Å². The summed E-state index contributed by atoms with van der Waals surface area (Å²) in [5.41, 5.74) is 11.1. The van der Waals surface area contributed by atoms with Gasteiger partial charge in [0.25, 0.3) is 0 Å². The lowest BCUT2D eigenvalue weighted by Gasteiger charge is -2.41. The Morgan fingerprint density at radius 1 is 1.71 bits per heavy atom. The molecule has 0 spiro atoms. The summed E-state index contributed by atoms with van der Waals surface area (Å²) >= 11 is 0. The van der Waals surface area contributed by atoms with Gasteiger partial charge in [-0.15, -0.1) is 0 Å². The van der Waals surface area contributed by atoms with E-state index in [0.717, 1.165) is 12.8 Å². The molecule has 0 aliphatic heterocycles. The van der Waals surface area contributed by atoms with Gasteiger partial charge >= 0.3 is 0 Å². The first-order valence-electron chi connectivity index (χ1n) is 2.67. The van der Waals surface area contributed by atoms with Crippen LogP contribution in [-0.2, 0) is 0 Å². The van der Waals surface area contributed by atoms with Crippen molar-refractivity contribution in [3.8, 4) is 0 Å². The molecule has 0 saturated heterocycles. The van der Waals surface area contributed by atoms with Crippen molar-refractivity contribution in [1.82, 2.24) is 0 Å². The number of nitrogens with two attached hydrogens (primary N) is 2. The summed E-state index contributed by atoms with van der Waals surface area (Å²) in [6, 6.07) is 0.257. The van der Waals surface area contributed by atoms with Crippen molar-refractivity contribution in [3.63, 3.8) is 0 Å². The highest BCUT2D eigenvalue weighted by Crippen LogP contribution is 2.26. The molecule has 2 heteroatoms. The van der Waals surface area contributed by atoms with Crippen LogP contribution in [-0.4, -0.2) is 11.6 Å². The second kappa shape index (κ2) is 1.20. The van der Waals surface area contributed by atoms with Crippen molar-refractivity contribution in [1.29, 1.82) is 0 Å². The average molecular weight is 100 g/mol. The minimum atomic E-state index is -0.0417. The summed E-state index contributed by atoms with van der Waals surface area (Å²) in [7, 11) is 0. The van der Waals surface area contributed by atoms with Gasteiger partial charge in [0.1, 0.15) is 0 Å². The van der Waals surface area contributed by atoms with E-state index in [1.54, 1.807) is 0 Å². The van der Waals surface area contributed by atoms with Gasteiger partial charge in [-0.3, -0.25) is 0 Å². The summed E-state index contributed by atoms with van der Waals surface area (Å²) in [4.78, 5) is 0. The van der Waals surface area contributed by atoms with Crippen LogP contribution in [0.4, 0.5) is 0 Å². The molecule has 4 N–H and O–H groups in total. The molecule has 1 aliphatic carbocycles. The summed E-state index contributed by atoms with van der Waals surface area (Å²) in [6.45, 7) is 2.00. The molecule has 0 heterocycles. The summed E-state index contributed by atoms with van der Waals surface area (Å²) in [6.07, 6.45) is 2.20. The van der Waals surface area contributed by atoms with Crippen LogP contribution in [0.1, 0.15) is 19.8 Å². The molecule has 2 nitrogen and oxygen atoms in total. The maximum atomic E-state index is 5.64. The molecule has 0 radical (unpaired) electrons. The topological polar surface area (TPSA) is 52.0 Å². The van der Waals surface area contributed by atoms with Crippen molar-refractivity contribution in [2.75, 3.05) is 0 Å². The highest BCUT2D eigenvalue weighted by molar-refractivity contribution is 4.99. The maximum absolute atomic E-state index is 5.64. The lowest BCUT2D eigenvalue weighted by Crippen LogP contribution is -2.60. The van der Waals surface area contributed by atoms with Gasteiger partial charge in [-0.2, -0.15) is 0 Å². The predicted molar refractivity (Wildman–Crippen MR) is 29.8 cm³/mol. The minimum Gasteiger partial charge on any atom is -0.326 e. The molecule has 0 amide bonds. The first-order chi connectivity index (χ1) is 3.13. The first-order valence-corrected chi connectivity index (χ1v) is 2.67. The first kappa shape index (κ1) is 5.06. The fourth-order valence-electron chi connectivity index (χ4n) is 0.766. The van der Waals surface area contributed by atoms with Crippen LogP contribution >= 0.6 is 0 Å². The lowest BCUT2D eigenvalue weighted by atomic mass is 9.75. The summed E-state index contributed by atoms with van der Waals surface area (Å²) < 4.78 is 0. The zero-order valence-electron chi connectivity index (χ0n) is 4.65. The Morgan fingerprint density at radius 3 is 2.14 bits per heavy atom. The smallest absolute Gasteiger partial charge is 0.0279 e. The molecular weight excluding hydrogens is 88.1 g/mol. The van der Waals surface area contributed by atoms with Gasteiger partial charge < -0.3 is 11.5 Å². The summed E-state index contributed by atoms with van der Waals surface area (Å²) in [5.74, 6) is 0. The average Bonchev–Trinajstić information content (AvgIpc) is 1.63. The highest BCUT2D eigenvalue weighted by Gasteiger charge is 2.35. The SMILES string of the molecule is CC1(N)CCC1N. The zero-order chi connectivity index (χ0) is 5.49. The Kier molecular flexibility index (Phi) is 0.869. The predicted octanol–water partition coefficient (Wildman–Crippen LogP) is -0.175. The third-order valence-corrected chi connectivity index (χ3v) is 1.84. The van der Waals surface area contributed by atoms with Crippen molar-refractivity contribution in [2.45, 2.75) is 31.3 Å². The normalized spacial score (nSPS) is 51.0. The second-order valence-electron chi connectivity index (χ2n) is 2.65. The Morgan fingerprint density at radius 2 is 2.14 bits per heavy atom. The Labute approximate surface area is 43.9 Å². The molecule has 0 aromatic heterocycles. The third kappa shape index (κ3) is 0.640. The maximum Gasteiger partial charge on any atom is 0.0279 e. The van der Waals surface area contributed by atoms with E-state index >= 15 is 0 Å². The molecule has 2 atom stereocenters. The number of rotatable bonds is 0. The van der Waals surface area contributed by atoms with Gasteiger partial charge in [0.15, 0.2) is 0 Å². The van der Waals surface area contributed by atoms with Crippen molar-refractivity contribution < 1.29 is 0 Å². The van der Waals surface area contributed by atoms with E-state index in [1.807, 2.05) is 6.92 Å².